The molecule has 1 saturated heterocycles. The third-order valence-corrected chi connectivity index (χ3v) is 5.97. The number of benzene rings is 1. The van der Waals surface area contributed by atoms with Crippen LogP contribution in [-0.4, -0.2) is 52.2 Å². The first kappa shape index (κ1) is 16.1. The van der Waals surface area contributed by atoms with Crippen LogP contribution in [0.5, 0.6) is 0 Å². The van der Waals surface area contributed by atoms with Crippen LogP contribution in [0, 0.1) is 0 Å². The highest BCUT2D eigenvalue weighted by Crippen LogP contribution is 2.26. The fraction of sp³-hybridized carbons (Fsp3) is 0.200. The van der Waals surface area contributed by atoms with Gasteiger partial charge in [-0.1, -0.05) is 12.1 Å². The maximum atomic E-state index is 13.0. The number of carbonyl (C=O) groups is 1. The van der Waals surface area contributed by atoms with Crippen LogP contribution in [0.15, 0.2) is 54.0 Å². The number of piperazine rings is 1. The van der Waals surface area contributed by atoms with Crippen LogP contribution in [0.4, 0.5) is 5.82 Å². The highest BCUT2D eigenvalue weighted by Gasteiger charge is 2.24. The second-order valence-electron chi connectivity index (χ2n) is 6.64. The van der Waals surface area contributed by atoms with Crippen molar-refractivity contribution in [1.29, 1.82) is 0 Å². The van der Waals surface area contributed by atoms with Gasteiger partial charge in [-0.25, -0.2) is 0 Å². The summed E-state index contributed by atoms with van der Waals surface area (Å²) < 4.78 is 0. The Hall–Kier alpha value is -3.06. The molecule has 0 radical (unpaired) electrons. The van der Waals surface area contributed by atoms with Crippen LogP contribution >= 0.6 is 11.3 Å². The SMILES string of the molecule is O=C(c1cccc2[nH]ccc12)N1CCN(c2cc(-c3cccs3)[nH]n2)CC1. The Morgan fingerprint density at radius 3 is 2.78 bits per heavy atom. The van der Waals surface area contributed by atoms with Crippen molar-refractivity contribution in [2.75, 3.05) is 31.1 Å². The lowest BCUT2D eigenvalue weighted by atomic mass is 10.1. The molecule has 2 N–H and O–H groups in total. The Morgan fingerprint density at radius 2 is 1.96 bits per heavy atom. The zero-order chi connectivity index (χ0) is 18.2. The average molecular weight is 377 g/mol. The summed E-state index contributed by atoms with van der Waals surface area (Å²) in [6.07, 6.45) is 1.88. The van der Waals surface area contributed by atoms with Crippen molar-refractivity contribution in [1.82, 2.24) is 20.1 Å². The van der Waals surface area contributed by atoms with Gasteiger partial charge in [-0.2, -0.15) is 5.10 Å². The van der Waals surface area contributed by atoms with E-state index in [0.717, 1.165) is 41.1 Å². The molecule has 0 bridgehead atoms. The van der Waals surface area contributed by atoms with Gasteiger partial charge in [0.2, 0.25) is 0 Å². The number of carbonyl (C=O) groups excluding carboxylic acids is 1. The Kier molecular flexibility index (Phi) is 3.94. The van der Waals surface area contributed by atoms with Gasteiger partial charge in [-0.3, -0.25) is 9.89 Å². The largest absolute Gasteiger partial charge is 0.361 e. The van der Waals surface area contributed by atoms with Gasteiger partial charge in [-0.05, 0) is 29.6 Å². The molecule has 3 aromatic heterocycles. The second kappa shape index (κ2) is 6.59. The van der Waals surface area contributed by atoms with Crippen LogP contribution in [0.2, 0.25) is 0 Å². The fourth-order valence-electron chi connectivity index (χ4n) is 3.61. The minimum absolute atomic E-state index is 0.0983. The standard InChI is InChI=1S/C20H19N5OS/c26-20(15-3-1-4-16-14(15)6-7-21-16)25-10-8-24(9-11-25)19-13-17(22-23-19)18-5-2-12-27-18/h1-7,12-13,21H,8-11H2,(H,22,23). The highest BCUT2D eigenvalue weighted by molar-refractivity contribution is 7.13. The van der Waals surface area contributed by atoms with Gasteiger partial charge in [-0.15, -0.1) is 11.3 Å². The Balaban J connectivity index is 1.29. The minimum atomic E-state index is 0.0983. The van der Waals surface area contributed by atoms with Gasteiger partial charge in [0.25, 0.3) is 5.91 Å². The molecule has 1 amide bonds. The Bertz CT molecular complexity index is 1070. The van der Waals surface area contributed by atoms with E-state index < -0.39 is 0 Å². The predicted octanol–water partition coefficient (Wildman–Crippen LogP) is 3.58. The minimum Gasteiger partial charge on any atom is -0.361 e. The average Bonchev–Trinajstić information content (AvgIpc) is 3.48. The molecule has 1 aromatic carbocycles. The molecule has 0 spiro atoms. The molecule has 6 nitrogen and oxygen atoms in total. The van der Waals surface area contributed by atoms with Crippen LogP contribution in [-0.2, 0) is 0 Å². The molecule has 27 heavy (non-hydrogen) atoms. The van der Waals surface area contributed by atoms with E-state index in [1.165, 1.54) is 4.88 Å². The molecule has 7 heteroatoms. The van der Waals surface area contributed by atoms with E-state index >= 15 is 0 Å². The summed E-state index contributed by atoms with van der Waals surface area (Å²) in [5.41, 5.74) is 2.80. The quantitative estimate of drug-likeness (QED) is 0.573. The smallest absolute Gasteiger partial charge is 0.254 e. The van der Waals surface area contributed by atoms with Gasteiger partial charge in [0.05, 0.1) is 10.6 Å². The van der Waals surface area contributed by atoms with E-state index in [-0.39, 0.29) is 5.91 Å². The van der Waals surface area contributed by atoms with Gasteiger partial charge in [0.1, 0.15) is 0 Å². The highest BCUT2D eigenvalue weighted by atomic mass is 32.1. The number of hydrogen-bond acceptors (Lipinski definition) is 4. The number of anilines is 1. The van der Waals surface area contributed by atoms with Crippen molar-refractivity contribution >= 4 is 34.0 Å². The molecule has 0 atom stereocenters. The van der Waals surface area contributed by atoms with E-state index in [2.05, 4.69) is 37.6 Å². The number of fused-ring (bicyclic) bond motifs is 1. The van der Waals surface area contributed by atoms with Crippen molar-refractivity contribution in [2.45, 2.75) is 0 Å². The van der Waals surface area contributed by atoms with Crippen LogP contribution < -0.4 is 4.90 Å². The zero-order valence-electron chi connectivity index (χ0n) is 14.7. The molecular formula is C20H19N5OS. The number of rotatable bonds is 3. The molecule has 136 valence electrons. The first-order valence-electron chi connectivity index (χ1n) is 8.99. The van der Waals surface area contributed by atoms with Crippen LogP contribution in [0.3, 0.4) is 0 Å². The van der Waals surface area contributed by atoms with Gasteiger partial charge >= 0.3 is 0 Å². The number of amides is 1. The molecule has 0 aliphatic carbocycles. The number of H-pyrrole nitrogens is 2. The maximum Gasteiger partial charge on any atom is 0.254 e. The first-order valence-corrected chi connectivity index (χ1v) is 9.87. The normalized spacial score (nSPS) is 14.8. The Morgan fingerprint density at radius 1 is 1.07 bits per heavy atom. The second-order valence-corrected chi connectivity index (χ2v) is 7.59. The van der Waals surface area contributed by atoms with Crippen molar-refractivity contribution < 1.29 is 4.79 Å². The zero-order valence-corrected chi connectivity index (χ0v) is 15.5. The van der Waals surface area contributed by atoms with Gasteiger partial charge in [0, 0.05) is 54.9 Å². The van der Waals surface area contributed by atoms with Crippen LogP contribution in [0.25, 0.3) is 21.5 Å². The van der Waals surface area contributed by atoms with Gasteiger partial charge < -0.3 is 14.8 Å². The lowest BCUT2D eigenvalue weighted by molar-refractivity contribution is 0.0748. The monoisotopic (exact) mass is 377 g/mol. The summed E-state index contributed by atoms with van der Waals surface area (Å²) in [6.45, 7) is 2.95. The topological polar surface area (TPSA) is 68.0 Å². The lowest BCUT2D eigenvalue weighted by Gasteiger charge is -2.34. The maximum absolute atomic E-state index is 13.0. The van der Waals surface area contributed by atoms with E-state index in [1.54, 1.807) is 11.3 Å². The van der Waals surface area contributed by atoms with E-state index in [4.69, 9.17) is 0 Å². The molecular weight excluding hydrogens is 358 g/mol. The molecule has 4 heterocycles. The van der Waals surface area contributed by atoms with E-state index in [9.17, 15) is 4.79 Å². The molecule has 1 aliphatic rings. The summed E-state index contributed by atoms with van der Waals surface area (Å²) in [5, 5.41) is 10.6. The molecule has 4 aromatic rings. The summed E-state index contributed by atoms with van der Waals surface area (Å²) in [6, 6.07) is 14.0. The third kappa shape index (κ3) is 2.90. The van der Waals surface area contributed by atoms with E-state index in [1.807, 2.05) is 41.4 Å². The number of nitrogens with zero attached hydrogens (tertiary/aromatic N) is 3. The number of hydrogen-bond donors (Lipinski definition) is 2. The molecule has 0 unspecified atom stereocenters. The summed E-state index contributed by atoms with van der Waals surface area (Å²) in [7, 11) is 0. The number of aromatic amines is 2. The molecule has 1 fully saturated rings. The summed E-state index contributed by atoms with van der Waals surface area (Å²) in [4.78, 5) is 21.5. The van der Waals surface area contributed by atoms with E-state index in [0.29, 0.717) is 13.1 Å². The number of nitrogens with one attached hydrogen (secondary N) is 2. The van der Waals surface area contributed by atoms with Crippen molar-refractivity contribution in [3.05, 3.63) is 59.6 Å². The third-order valence-electron chi connectivity index (χ3n) is 5.07. The molecule has 1 aliphatic heterocycles. The van der Waals surface area contributed by atoms with Gasteiger partial charge in [0.15, 0.2) is 5.82 Å². The Labute approximate surface area is 160 Å². The van der Waals surface area contributed by atoms with Crippen molar-refractivity contribution in [2.24, 2.45) is 0 Å². The number of thiophene rings is 1. The summed E-state index contributed by atoms with van der Waals surface area (Å²) in [5.74, 6) is 1.04. The van der Waals surface area contributed by atoms with Crippen molar-refractivity contribution in [3.63, 3.8) is 0 Å². The first-order chi connectivity index (χ1) is 13.3. The number of aromatic nitrogens is 3. The summed E-state index contributed by atoms with van der Waals surface area (Å²) >= 11 is 1.69. The lowest BCUT2D eigenvalue weighted by Crippen LogP contribution is -2.49. The van der Waals surface area contributed by atoms with Crippen molar-refractivity contribution in [3.8, 4) is 10.6 Å². The fourth-order valence-corrected chi connectivity index (χ4v) is 4.30. The van der Waals surface area contributed by atoms with Crippen LogP contribution in [0.1, 0.15) is 10.4 Å². The molecule has 5 rings (SSSR count). The predicted molar refractivity (Wildman–Crippen MR) is 108 cm³/mol. The molecule has 0 saturated carbocycles.